The second-order valence-electron chi connectivity index (χ2n) is 3.79. The van der Waals surface area contributed by atoms with Gasteiger partial charge in [-0.2, -0.15) is 0 Å². The minimum absolute atomic E-state index is 0.0109. The average molecular weight is 270 g/mol. The van der Waals surface area contributed by atoms with Crippen molar-refractivity contribution >= 4 is 26.9 Å². The first-order valence-electron chi connectivity index (χ1n) is 5.13. The lowest BCUT2D eigenvalue weighted by atomic mass is 10.00. The van der Waals surface area contributed by atoms with E-state index in [9.17, 15) is 13.2 Å². The van der Waals surface area contributed by atoms with Gasteiger partial charge < -0.3 is 4.74 Å². The lowest BCUT2D eigenvalue weighted by molar-refractivity contribution is -0.116. The number of carbonyl (C=O) groups excluding carboxylic acids is 1. The van der Waals surface area contributed by atoms with Crippen LogP contribution in [0.4, 0.5) is 0 Å². The summed E-state index contributed by atoms with van der Waals surface area (Å²) in [5, 5.41) is -0.367. The highest BCUT2D eigenvalue weighted by Crippen LogP contribution is 2.21. The number of ether oxygens (including phenoxy) is 1. The summed E-state index contributed by atoms with van der Waals surface area (Å²) in [6.07, 6.45) is 1.02. The zero-order chi connectivity index (χ0) is 12.2. The van der Waals surface area contributed by atoms with Crippen molar-refractivity contribution in [2.24, 2.45) is 5.92 Å². The maximum Gasteiger partial charge on any atom is 0.224 e. The van der Waals surface area contributed by atoms with Crippen LogP contribution in [-0.2, 0) is 19.6 Å². The number of hydrogen-bond donors (Lipinski definition) is 0. The van der Waals surface area contributed by atoms with E-state index in [-0.39, 0.29) is 23.5 Å². The molecular formula is C9H16ClNO4S. The van der Waals surface area contributed by atoms with Gasteiger partial charge in [0.1, 0.15) is 0 Å². The molecule has 0 radical (unpaired) electrons. The highest BCUT2D eigenvalue weighted by molar-refractivity contribution is 7.89. The molecule has 0 aliphatic carbocycles. The monoisotopic (exact) mass is 269 g/mol. The summed E-state index contributed by atoms with van der Waals surface area (Å²) < 4.78 is 29.6. The Labute approximate surface area is 101 Å². The summed E-state index contributed by atoms with van der Waals surface area (Å²) in [5.74, 6) is -0.209. The molecule has 16 heavy (non-hydrogen) atoms. The zero-order valence-electron chi connectivity index (χ0n) is 9.19. The van der Waals surface area contributed by atoms with Gasteiger partial charge in [-0.05, 0) is 24.4 Å². The van der Waals surface area contributed by atoms with Crippen molar-refractivity contribution < 1.29 is 17.9 Å². The molecule has 0 aromatic heterocycles. The molecule has 1 rings (SSSR count). The number of methoxy groups -OCH3 is 1. The molecule has 1 aliphatic rings. The minimum Gasteiger partial charge on any atom is -0.384 e. The SMILES string of the molecule is COCCS(=O)(=O)N1CCC(C(=O)Cl)CC1. The van der Waals surface area contributed by atoms with Gasteiger partial charge in [0, 0.05) is 26.1 Å². The molecule has 0 aromatic rings. The van der Waals surface area contributed by atoms with Crippen molar-refractivity contribution in [1.29, 1.82) is 0 Å². The summed E-state index contributed by atoms with van der Waals surface area (Å²) in [4.78, 5) is 10.9. The van der Waals surface area contributed by atoms with E-state index in [0.29, 0.717) is 25.9 Å². The molecule has 1 saturated heterocycles. The Morgan fingerprint density at radius 3 is 2.44 bits per heavy atom. The third-order valence-electron chi connectivity index (χ3n) is 2.71. The van der Waals surface area contributed by atoms with E-state index in [1.165, 1.54) is 11.4 Å². The average Bonchev–Trinajstić information content (AvgIpc) is 2.26. The molecule has 7 heteroatoms. The smallest absolute Gasteiger partial charge is 0.224 e. The fourth-order valence-corrected chi connectivity index (χ4v) is 3.30. The van der Waals surface area contributed by atoms with E-state index in [2.05, 4.69) is 0 Å². The number of sulfonamides is 1. The predicted octanol–water partition coefficient (Wildman–Crippen LogP) is 0.440. The molecule has 0 spiro atoms. The van der Waals surface area contributed by atoms with Crippen LogP contribution < -0.4 is 0 Å². The summed E-state index contributed by atoms with van der Waals surface area (Å²) in [6, 6.07) is 0. The van der Waals surface area contributed by atoms with Crippen LogP contribution in [0.3, 0.4) is 0 Å². The van der Waals surface area contributed by atoms with Crippen molar-refractivity contribution in [1.82, 2.24) is 4.31 Å². The van der Waals surface area contributed by atoms with Crippen LogP contribution in [0, 0.1) is 5.92 Å². The Hall–Kier alpha value is -0.170. The first-order valence-corrected chi connectivity index (χ1v) is 7.12. The Kier molecular flexibility index (Phi) is 5.17. The largest absolute Gasteiger partial charge is 0.384 e. The van der Waals surface area contributed by atoms with E-state index < -0.39 is 10.0 Å². The molecular weight excluding hydrogens is 254 g/mol. The van der Waals surface area contributed by atoms with Crippen LogP contribution in [0.15, 0.2) is 0 Å². The van der Waals surface area contributed by atoms with Crippen molar-refractivity contribution in [3.05, 3.63) is 0 Å². The van der Waals surface area contributed by atoms with E-state index in [1.807, 2.05) is 0 Å². The molecule has 0 saturated carbocycles. The van der Waals surface area contributed by atoms with E-state index in [0.717, 1.165) is 0 Å². The number of piperidine rings is 1. The lowest BCUT2D eigenvalue weighted by Crippen LogP contribution is -2.41. The molecule has 0 amide bonds. The van der Waals surface area contributed by atoms with Crippen molar-refractivity contribution in [2.45, 2.75) is 12.8 Å². The fraction of sp³-hybridized carbons (Fsp3) is 0.889. The normalized spacial score (nSPS) is 19.9. The van der Waals surface area contributed by atoms with E-state index in [1.54, 1.807) is 0 Å². The first kappa shape index (κ1) is 13.9. The topological polar surface area (TPSA) is 63.7 Å². The summed E-state index contributed by atoms with van der Waals surface area (Å²) in [7, 11) is -1.77. The van der Waals surface area contributed by atoms with Crippen molar-refractivity contribution in [3.63, 3.8) is 0 Å². The third kappa shape index (κ3) is 3.69. The number of nitrogens with zero attached hydrogens (tertiary/aromatic N) is 1. The van der Waals surface area contributed by atoms with Gasteiger partial charge in [0.05, 0.1) is 12.4 Å². The fourth-order valence-electron chi connectivity index (χ4n) is 1.68. The molecule has 5 nitrogen and oxygen atoms in total. The highest BCUT2D eigenvalue weighted by Gasteiger charge is 2.29. The maximum absolute atomic E-state index is 11.7. The van der Waals surface area contributed by atoms with Gasteiger partial charge in [-0.1, -0.05) is 0 Å². The van der Waals surface area contributed by atoms with Gasteiger partial charge in [0.25, 0.3) is 0 Å². The number of rotatable bonds is 5. The van der Waals surface area contributed by atoms with Crippen LogP contribution >= 0.6 is 11.6 Å². The van der Waals surface area contributed by atoms with Gasteiger partial charge in [-0.15, -0.1) is 0 Å². The minimum atomic E-state index is -3.24. The molecule has 0 aromatic carbocycles. The third-order valence-corrected chi connectivity index (χ3v) is 4.86. The van der Waals surface area contributed by atoms with Crippen LogP contribution in [0.2, 0.25) is 0 Å². The number of halogens is 1. The maximum atomic E-state index is 11.7. The van der Waals surface area contributed by atoms with E-state index in [4.69, 9.17) is 16.3 Å². The van der Waals surface area contributed by atoms with Gasteiger partial charge in [0.15, 0.2) is 0 Å². The van der Waals surface area contributed by atoms with Crippen LogP contribution in [0.25, 0.3) is 0 Å². The van der Waals surface area contributed by atoms with Gasteiger partial charge in [0.2, 0.25) is 15.3 Å². The van der Waals surface area contributed by atoms with Gasteiger partial charge in [-0.3, -0.25) is 4.79 Å². The van der Waals surface area contributed by atoms with Gasteiger partial charge >= 0.3 is 0 Å². The molecule has 0 unspecified atom stereocenters. The molecule has 1 aliphatic heterocycles. The zero-order valence-corrected chi connectivity index (χ0v) is 10.8. The Balaban J connectivity index is 2.50. The summed E-state index contributed by atoms with van der Waals surface area (Å²) >= 11 is 5.38. The predicted molar refractivity (Wildman–Crippen MR) is 60.8 cm³/mol. The van der Waals surface area contributed by atoms with Crippen LogP contribution in [-0.4, -0.2) is 50.5 Å². The molecule has 0 N–H and O–H groups in total. The highest BCUT2D eigenvalue weighted by atomic mass is 35.5. The molecule has 0 atom stereocenters. The summed E-state index contributed by atoms with van der Waals surface area (Å²) in [6.45, 7) is 0.932. The first-order chi connectivity index (χ1) is 7.47. The Bertz CT molecular complexity index is 335. The molecule has 1 heterocycles. The molecule has 1 fully saturated rings. The van der Waals surface area contributed by atoms with Crippen LogP contribution in [0.5, 0.6) is 0 Å². The Morgan fingerprint density at radius 2 is 2.00 bits per heavy atom. The number of carbonyl (C=O) groups is 1. The summed E-state index contributed by atoms with van der Waals surface area (Å²) in [5.41, 5.74) is 0. The molecule has 0 bridgehead atoms. The lowest BCUT2D eigenvalue weighted by Gasteiger charge is -2.29. The second kappa shape index (κ2) is 5.95. The standard InChI is InChI=1S/C9H16ClNO4S/c1-15-6-7-16(13,14)11-4-2-8(3-5-11)9(10)12/h8H,2-7H2,1H3. The quantitative estimate of drug-likeness (QED) is 0.680. The molecule has 94 valence electrons. The number of hydrogen-bond acceptors (Lipinski definition) is 4. The Morgan fingerprint density at radius 1 is 1.44 bits per heavy atom. The van der Waals surface area contributed by atoms with Crippen molar-refractivity contribution in [2.75, 3.05) is 32.6 Å². The second-order valence-corrected chi connectivity index (χ2v) is 6.25. The van der Waals surface area contributed by atoms with E-state index >= 15 is 0 Å². The van der Waals surface area contributed by atoms with Crippen LogP contribution in [0.1, 0.15) is 12.8 Å². The van der Waals surface area contributed by atoms with Gasteiger partial charge in [-0.25, -0.2) is 12.7 Å². The van der Waals surface area contributed by atoms with Crippen molar-refractivity contribution in [3.8, 4) is 0 Å².